The van der Waals surface area contributed by atoms with Crippen molar-refractivity contribution in [1.29, 1.82) is 0 Å². The van der Waals surface area contributed by atoms with Crippen LogP contribution in [0.5, 0.6) is 5.75 Å². The van der Waals surface area contributed by atoms with Gasteiger partial charge >= 0.3 is 0 Å². The predicted octanol–water partition coefficient (Wildman–Crippen LogP) is 5.54. The van der Waals surface area contributed by atoms with E-state index in [9.17, 15) is 9.59 Å². The van der Waals surface area contributed by atoms with Crippen LogP contribution in [0.3, 0.4) is 0 Å². The van der Waals surface area contributed by atoms with E-state index in [-0.39, 0.29) is 24.4 Å². The molecule has 276 valence electrons. The van der Waals surface area contributed by atoms with Crippen LogP contribution in [0.2, 0.25) is 0 Å². The van der Waals surface area contributed by atoms with E-state index in [1.54, 1.807) is 7.11 Å². The molecule has 0 unspecified atom stereocenters. The van der Waals surface area contributed by atoms with E-state index >= 15 is 0 Å². The molecule has 52 heavy (non-hydrogen) atoms. The minimum absolute atomic E-state index is 0.236. The van der Waals surface area contributed by atoms with Crippen molar-refractivity contribution >= 4 is 28.5 Å². The van der Waals surface area contributed by atoms with Crippen molar-refractivity contribution in [2.45, 2.75) is 90.9 Å². The van der Waals surface area contributed by atoms with Gasteiger partial charge in [-0.25, -0.2) is 9.67 Å². The monoisotopic (exact) mass is 707 g/mol. The summed E-state index contributed by atoms with van der Waals surface area (Å²) in [6, 6.07) is 15.0. The summed E-state index contributed by atoms with van der Waals surface area (Å²) in [6.45, 7) is 9.06. The molecule has 4 heterocycles. The number of carbonyl (C=O) groups excluding carboxylic acids is 2. The summed E-state index contributed by atoms with van der Waals surface area (Å²) >= 11 is 0. The zero-order chi connectivity index (χ0) is 36.1. The number of piperidine rings is 1. The van der Waals surface area contributed by atoms with Crippen LogP contribution in [-0.4, -0.2) is 66.0 Å². The second kappa shape index (κ2) is 16.0. The summed E-state index contributed by atoms with van der Waals surface area (Å²) in [7, 11) is 1.69. The molecule has 0 spiro atoms. The number of ether oxygens (including phenoxy) is 2. The number of methoxy groups -OCH3 is 1. The molecular weight excluding hydrogens is 654 g/mol. The SMILES string of the molecule is CCc1nc2c(cnn2CC)c(NC2CCOCC2)c1CNC(=O)C1(C(=O)NCc2ccc(OC)c(-c3cccc(CC4CCNCC4)c3)c2)CC1. The van der Waals surface area contributed by atoms with Gasteiger partial charge in [0.2, 0.25) is 11.8 Å². The van der Waals surface area contributed by atoms with Crippen molar-refractivity contribution in [3.05, 3.63) is 71.0 Å². The van der Waals surface area contributed by atoms with E-state index in [0.717, 1.165) is 82.8 Å². The molecule has 0 atom stereocenters. The van der Waals surface area contributed by atoms with Gasteiger partial charge in [-0.15, -0.1) is 0 Å². The Bertz CT molecular complexity index is 1890. The number of aryl methyl sites for hydroxylation is 2. The highest BCUT2D eigenvalue weighted by molar-refractivity contribution is 6.08. The Balaban J connectivity index is 1.04. The average molecular weight is 708 g/mol. The van der Waals surface area contributed by atoms with E-state index in [4.69, 9.17) is 14.5 Å². The molecule has 2 aliphatic heterocycles. The Morgan fingerprint density at radius 3 is 2.46 bits per heavy atom. The minimum atomic E-state index is -1.07. The molecule has 2 aromatic heterocycles. The Labute approximate surface area is 306 Å². The van der Waals surface area contributed by atoms with Gasteiger partial charge in [0, 0.05) is 55.7 Å². The van der Waals surface area contributed by atoms with Gasteiger partial charge in [-0.05, 0) is 106 Å². The number of aromatic nitrogens is 3. The molecule has 3 fully saturated rings. The highest BCUT2D eigenvalue weighted by Crippen LogP contribution is 2.46. The fraction of sp³-hybridized carbons (Fsp3) is 0.512. The number of pyridine rings is 1. The fourth-order valence-corrected chi connectivity index (χ4v) is 7.85. The maximum Gasteiger partial charge on any atom is 0.235 e. The lowest BCUT2D eigenvalue weighted by molar-refractivity contribution is -0.137. The van der Waals surface area contributed by atoms with Gasteiger partial charge in [0.1, 0.15) is 11.2 Å². The first kappa shape index (κ1) is 35.9. The van der Waals surface area contributed by atoms with Gasteiger partial charge in [0.15, 0.2) is 5.65 Å². The molecule has 2 amide bonds. The first-order valence-corrected chi connectivity index (χ1v) is 19.2. The highest BCUT2D eigenvalue weighted by Gasteiger charge is 2.56. The number of amides is 2. The topological polar surface area (TPSA) is 131 Å². The third-order valence-corrected chi connectivity index (χ3v) is 11.2. The Hall–Kier alpha value is -4.48. The number of hydrogen-bond donors (Lipinski definition) is 4. The van der Waals surface area contributed by atoms with E-state index in [1.165, 1.54) is 18.4 Å². The second-order valence-corrected chi connectivity index (χ2v) is 14.6. The normalized spacial score (nSPS) is 17.5. The molecule has 7 rings (SSSR count). The Morgan fingerprint density at radius 1 is 0.981 bits per heavy atom. The van der Waals surface area contributed by atoms with Crippen molar-refractivity contribution in [1.82, 2.24) is 30.7 Å². The van der Waals surface area contributed by atoms with Gasteiger partial charge in [0.25, 0.3) is 0 Å². The molecule has 1 aliphatic carbocycles. The van der Waals surface area contributed by atoms with Gasteiger partial charge < -0.3 is 30.7 Å². The molecule has 4 aromatic rings. The zero-order valence-electron chi connectivity index (χ0n) is 30.9. The smallest absolute Gasteiger partial charge is 0.235 e. The Kier molecular flexibility index (Phi) is 11.1. The number of rotatable bonds is 14. The van der Waals surface area contributed by atoms with Crippen LogP contribution in [0.1, 0.15) is 74.8 Å². The maximum absolute atomic E-state index is 13.8. The number of hydrogen-bond acceptors (Lipinski definition) is 8. The first-order chi connectivity index (χ1) is 25.4. The van der Waals surface area contributed by atoms with Crippen LogP contribution in [0, 0.1) is 11.3 Å². The summed E-state index contributed by atoms with van der Waals surface area (Å²) < 4.78 is 13.3. The van der Waals surface area contributed by atoms with E-state index in [0.29, 0.717) is 51.5 Å². The quantitative estimate of drug-likeness (QED) is 0.126. The molecule has 11 heteroatoms. The van der Waals surface area contributed by atoms with Crippen LogP contribution in [-0.2, 0) is 46.8 Å². The molecule has 4 N–H and O–H groups in total. The molecule has 0 radical (unpaired) electrons. The van der Waals surface area contributed by atoms with Gasteiger partial charge in [0.05, 0.1) is 24.4 Å². The molecule has 3 aliphatic rings. The highest BCUT2D eigenvalue weighted by atomic mass is 16.5. The van der Waals surface area contributed by atoms with Crippen molar-refractivity contribution in [3.63, 3.8) is 0 Å². The van der Waals surface area contributed by atoms with E-state index in [1.807, 2.05) is 23.0 Å². The number of fused-ring (bicyclic) bond motifs is 1. The van der Waals surface area contributed by atoms with Crippen molar-refractivity contribution in [2.75, 3.05) is 38.7 Å². The molecule has 2 saturated heterocycles. The minimum Gasteiger partial charge on any atom is -0.496 e. The third kappa shape index (κ3) is 7.66. The van der Waals surface area contributed by atoms with Crippen LogP contribution >= 0.6 is 0 Å². The summed E-state index contributed by atoms with van der Waals surface area (Å²) in [5, 5.41) is 19.0. The largest absolute Gasteiger partial charge is 0.496 e. The lowest BCUT2D eigenvalue weighted by Gasteiger charge is -2.27. The Morgan fingerprint density at radius 2 is 1.75 bits per heavy atom. The summed E-state index contributed by atoms with van der Waals surface area (Å²) in [6.07, 6.45) is 8.91. The number of nitrogens with one attached hydrogen (secondary N) is 4. The van der Waals surface area contributed by atoms with Gasteiger partial charge in [-0.3, -0.25) is 9.59 Å². The van der Waals surface area contributed by atoms with E-state index < -0.39 is 5.41 Å². The summed E-state index contributed by atoms with van der Waals surface area (Å²) in [5.41, 5.74) is 6.98. The third-order valence-electron chi connectivity index (χ3n) is 11.2. The van der Waals surface area contributed by atoms with Crippen LogP contribution in [0.4, 0.5) is 5.69 Å². The maximum atomic E-state index is 13.8. The number of carbonyl (C=O) groups is 2. The lowest BCUT2D eigenvalue weighted by atomic mass is 9.89. The molecule has 2 aromatic carbocycles. The van der Waals surface area contributed by atoms with Crippen molar-refractivity contribution in [3.8, 4) is 16.9 Å². The molecule has 1 saturated carbocycles. The average Bonchev–Trinajstić information content (AvgIpc) is 3.90. The second-order valence-electron chi connectivity index (χ2n) is 14.6. The first-order valence-electron chi connectivity index (χ1n) is 19.2. The molecule has 0 bridgehead atoms. The van der Waals surface area contributed by atoms with Crippen molar-refractivity contribution < 1.29 is 19.1 Å². The van der Waals surface area contributed by atoms with E-state index in [2.05, 4.69) is 70.5 Å². The number of anilines is 1. The lowest BCUT2D eigenvalue weighted by Crippen LogP contribution is -2.42. The van der Waals surface area contributed by atoms with Gasteiger partial charge in [-0.1, -0.05) is 37.3 Å². The molecular formula is C41H53N7O4. The van der Waals surface area contributed by atoms with Gasteiger partial charge in [-0.2, -0.15) is 5.10 Å². The zero-order valence-corrected chi connectivity index (χ0v) is 30.9. The number of nitrogens with zero attached hydrogens (tertiary/aromatic N) is 3. The predicted molar refractivity (Wildman–Crippen MR) is 203 cm³/mol. The fourth-order valence-electron chi connectivity index (χ4n) is 7.85. The summed E-state index contributed by atoms with van der Waals surface area (Å²) in [4.78, 5) is 32.5. The van der Waals surface area contributed by atoms with Crippen molar-refractivity contribution in [2.24, 2.45) is 11.3 Å². The van der Waals surface area contributed by atoms with Crippen LogP contribution < -0.4 is 26.0 Å². The molecule has 11 nitrogen and oxygen atoms in total. The summed E-state index contributed by atoms with van der Waals surface area (Å²) in [5.74, 6) is 1.01. The number of benzene rings is 2. The van der Waals surface area contributed by atoms with Crippen LogP contribution in [0.25, 0.3) is 22.2 Å². The standard InChI is InChI=1S/C41H53N7O4/c1-4-35-33(37(46-31-13-19-52-20-14-31)34-26-45-48(5-2)38(34)47-35)25-44-40(50)41(15-16-41)39(49)43-24-29-9-10-36(51-3)32(23-29)30-8-6-7-28(22-30)21-27-11-17-42-18-12-27/h6-10,22-23,26-27,31,42H,4-5,11-21,24-25H2,1-3H3,(H,43,49)(H,44,50)(H,46,47). The van der Waals surface area contributed by atoms with Crippen LogP contribution in [0.15, 0.2) is 48.7 Å².